The maximum atomic E-state index is 14.0. The molecule has 1 N–H and O–H groups in total. The minimum Gasteiger partial charge on any atom is -0.465 e. The number of hydrogen-bond donors (Lipinski definition) is 1. The van der Waals surface area contributed by atoms with Gasteiger partial charge in [-0.3, -0.25) is 4.79 Å². The molecule has 0 spiro atoms. The second-order valence-corrected chi connectivity index (χ2v) is 8.32. The fourth-order valence-electron chi connectivity index (χ4n) is 3.67. The third-order valence-corrected chi connectivity index (χ3v) is 6.41. The largest absolute Gasteiger partial charge is 0.465 e. The van der Waals surface area contributed by atoms with Gasteiger partial charge in [0.1, 0.15) is 34.0 Å². The minimum atomic E-state index is -0.667. The van der Waals surface area contributed by atoms with Crippen LogP contribution in [0.25, 0.3) is 17.4 Å². The van der Waals surface area contributed by atoms with E-state index in [-0.39, 0.29) is 22.7 Å². The highest BCUT2D eigenvalue weighted by Gasteiger charge is 2.27. The highest BCUT2D eigenvalue weighted by Crippen LogP contribution is 2.38. The molecule has 0 unspecified atom stereocenters. The molecule has 1 aromatic carbocycles. The van der Waals surface area contributed by atoms with Gasteiger partial charge in [0.25, 0.3) is 5.91 Å². The van der Waals surface area contributed by atoms with Gasteiger partial charge in [-0.25, -0.2) is 9.18 Å². The summed E-state index contributed by atoms with van der Waals surface area (Å²) in [7, 11) is 1.30. The first-order valence-corrected chi connectivity index (χ1v) is 10.8. The Morgan fingerprint density at radius 2 is 2.00 bits per heavy atom. The number of benzene rings is 1. The number of nitriles is 1. The lowest BCUT2D eigenvalue weighted by molar-refractivity contribution is -0.112. The number of nitrogens with one attached hydrogen (secondary N) is 1. The Kier molecular flexibility index (Phi) is 6.19. The number of halogens is 1. The van der Waals surface area contributed by atoms with Gasteiger partial charge in [0, 0.05) is 11.0 Å². The number of fused-ring (bicyclic) bond motifs is 1. The van der Waals surface area contributed by atoms with Crippen LogP contribution in [0.1, 0.15) is 39.4 Å². The maximum absolute atomic E-state index is 14.0. The van der Waals surface area contributed by atoms with E-state index in [2.05, 4.69) is 5.32 Å². The van der Waals surface area contributed by atoms with Crippen LogP contribution in [0.4, 0.5) is 9.39 Å². The van der Waals surface area contributed by atoms with E-state index < -0.39 is 17.7 Å². The number of anilines is 1. The monoisotopic (exact) mass is 450 g/mol. The zero-order chi connectivity index (χ0) is 22.7. The topological polar surface area (TPSA) is 92.3 Å². The molecule has 32 heavy (non-hydrogen) atoms. The molecule has 0 atom stereocenters. The average molecular weight is 450 g/mol. The molecule has 1 amide bonds. The van der Waals surface area contributed by atoms with Crippen molar-refractivity contribution in [3.63, 3.8) is 0 Å². The van der Waals surface area contributed by atoms with Crippen molar-refractivity contribution in [2.75, 3.05) is 12.4 Å². The normalized spacial score (nSPS) is 13.2. The molecule has 1 aliphatic rings. The van der Waals surface area contributed by atoms with Crippen LogP contribution in [0.3, 0.4) is 0 Å². The summed E-state index contributed by atoms with van der Waals surface area (Å²) in [5.41, 5.74) is 1.34. The van der Waals surface area contributed by atoms with Crippen LogP contribution in [0, 0.1) is 17.1 Å². The van der Waals surface area contributed by atoms with Gasteiger partial charge < -0.3 is 14.5 Å². The van der Waals surface area contributed by atoms with Gasteiger partial charge in [-0.1, -0.05) is 12.1 Å². The summed E-state index contributed by atoms with van der Waals surface area (Å²) in [6.45, 7) is 0. The molecule has 0 bridgehead atoms. The van der Waals surface area contributed by atoms with Crippen molar-refractivity contribution in [3.8, 4) is 17.4 Å². The average Bonchev–Trinajstić information content (AvgIpc) is 3.41. The van der Waals surface area contributed by atoms with E-state index in [1.165, 1.54) is 30.6 Å². The standard InChI is InChI=1S/C24H19FN2O4S/c1-30-24(29)21-17-7-3-5-9-20(17)32-23(21)27-22(28)14(13-26)12-15-10-11-19(31-15)16-6-2-4-8-18(16)25/h2,4,6,8,10-12H,3,5,7,9H2,1H3,(H,27,28)/b14-12+. The summed E-state index contributed by atoms with van der Waals surface area (Å²) in [6, 6.07) is 11.1. The van der Waals surface area contributed by atoms with Crippen LogP contribution in [0.15, 0.2) is 46.4 Å². The molecule has 8 heteroatoms. The van der Waals surface area contributed by atoms with Crippen LogP contribution in [0.2, 0.25) is 0 Å². The number of furan rings is 1. The SMILES string of the molecule is COC(=O)c1c(NC(=O)/C(C#N)=C/c2ccc(-c3ccccc3F)o2)sc2c1CCCC2. The van der Waals surface area contributed by atoms with Gasteiger partial charge in [0.15, 0.2) is 0 Å². The number of hydrogen-bond acceptors (Lipinski definition) is 6. The summed E-state index contributed by atoms with van der Waals surface area (Å²) in [4.78, 5) is 26.2. The van der Waals surface area contributed by atoms with Crippen LogP contribution < -0.4 is 5.32 Å². The van der Waals surface area contributed by atoms with Gasteiger partial charge in [0.2, 0.25) is 0 Å². The fourth-order valence-corrected chi connectivity index (χ4v) is 4.94. The highest BCUT2D eigenvalue weighted by molar-refractivity contribution is 7.17. The molecule has 4 rings (SSSR count). The summed E-state index contributed by atoms with van der Waals surface area (Å²) in [5, 5.41) is 12.6. The lowest BCUT2D eigenvalue weighted by atomic mass is 9.95. The number of amides is 1. The van der Waals surface area contributed by atoms with Crippen molar-refractivity contribution in [1.82, 2.24) is 0 Å². The number of nitrogens with zero attached hydrogens (tertiary/aromatic N) is 1. The Morgan fingerprint density at radius 3 is 2.75 bits per heavy atom. The Morgan fingerprint density at radius 1 is 1.22 bits per heavy atom. The first-order chi connectivity index (χ1) is 15.5. The van der Waals surface area contributed by atoms with E-state index in [1.807, 2.05) is 6.07 Å². The zero-order valence-electron chi connectivity index (χ0n) is 17.2. The molecule has 0 saturated carbocycles. The van der Waals surface area contributed by atoms with E-state index in [1.54, 1.807) is 30.3 Å². The lowest BCUT2D eigenvalue weighted by Gasteiger charge is -2.11. The predicted molar refractivity (Wildman–Crippen MR) is 119 cm³/mol. The summed E-state index contributed by atoms with van der Waals surface area (Å²) < 4.78 is 24.5. The summed E-state index contributed by atoms with van der Waals surface area (Å²) in [5.74, 6) is -1.10. The summed E-state index contributed by atoms with van der Waals surface area (Å²) >= 11 is 1.34. The molecule has 162 valence electrons. The Bertz CT molecular complexity index is 1270. The van der Waals surface area contributed by atoms with Crippen molar-refractivity contribution in [2.45, 2.75) is 25.7 Å². The Hall–Kier alpha value is -3.70. The van der Waals surface area contributed by atoms with Crippen molar-refractivity contribution < 1.29 is 23.1 Å². The number of ether oxygens (including phenoxy) is 1. The number of methoxy groups -OCH3 is 1. The predicted octanol–water partition coefficient (Wildman–Crippen LogP) is 5.36. The number of rotatable bonds is 5. The molecule has 3 aromatic rings. The van der Waals surface area contributed by atoms with Gasteiger partial charge >= 0.3 is 5.97 Å². The maximum Gasteiger partial charge on any atom is 0.341 e. The van der Waals surface area contributed by atoms with Crippen molar-refractivity contribution in [1.29, 1.82) is 5.26 Å². The Balaban J connectivity index is 1.60. The van der Waals surface area contributed by atoms with Crippen LogP contribution >= 0.6 is 11.3 Å². The van der Waals surface area contributed by atoms with Crippen molar-refractivity contribution in [2.24, 2.45) is 0 Å². The van der Waals surface area contributed by atoms with E-state index in [0.29, 0.717) is 10.6 Å². The number of aryl methyl sites for hydroxylation is 1. The van der Waals surface area contributed by atoms with Crippen molar-refractivity contribution >= 4 is 34.3 Å². The van der Waals surface area contributed by atoms with Crippen LogP contribution in [-0.2, 0) is 22.4 Å². The minimum absolute atomic E-state index is 0.207. The van der Waals surface area contributed by atoms with Crippen LogP contribution in [0.5, 0.6) is 0 Å². The van der Waals surface area contributed by atoms with Gasteiger partial charge in [-0.15, -0.1) is 11.3 Å². The second-order valence-electron chi connectivity index (χ2n) is 7.21. The molecule has 0 aliphatic heterocycles. The number of carbonyl (C=O) groups excluding carboxylic acids is 2. The third-order valence-electron chi connectivity index (χ3n) is 5.21. The van der Waals surface area contributed by atoms with Gasteiger partial charge in [-0.05, 0) is 55.5 Å². The van der Waals surface area contributed by atoms with Crippen LogP contribution in [-0.4, -0.2) is 19.0 Å². The lowest BCUT2D eigenvalue weighted by Crippen LogP contribution is -2.16. The molecule has 0 radical (unpaired) electrons. The molecular weight excluding hydrogens is 431 g/mol. The van der Waals surface area contributed by atoms with E-state index in [9.17, 15) is 19.2 Å². The number of thiophene rings is 1. The summed E-state index contributed by atoms with van der Waals surface area (Å²) in [6.07, 6.45) is 4.86. The molecule has 1 aliphatic carbocycles. The van der Waals surface area contributed by atoms with E-state index in [0.717, 1.165) is 36.1 Å². The van der Waals surface area contributed by atoms with Gasteiger partial charge in [-0.2, -0.15) is 5.26 Å². The quantitative estimate of drug-likeness (QED) is 0.321. The van der Waals surface area contributed by atoms with Gasteiger partial charge in [0.05, 0.1) is 18.2 Å². The zero-order valence-corrected chi connectivity index (χ0v) is 18.1. The number of carbonyl (C=O) groups is 2. The van der Waals surface area contributed by atoms with E-state index >= 15 is 0 Å². The smallest absolute Gasteiger partial charge is 0.341 e. The molecule has 2 aromatic heterocycles. The number of esters is 1. The fraction of sp³-hybridized carbons (Fsp3) is 0.208. The molecular formula is C24H19FN2O4S. The Labute approximate surface area is 187 Å². The molecule has 0 saturated heterocycles. The second kappa shape index (κ2) is 9.20. The molecule has 6 nitrogen and oxygen atoms in total. The first-order valence-electron chi connectivity index (χ1n) is 10.0. The first kappa shape index (κ1) is 21.5. The van der Waals surface area contributed by atoms with E-state index in [4.69, 9.17) is 9.15 Å². The molecule has 2 heterocycles. The third kappa shape index (κ3) is 4.20. The molecule has 0 fully saturated rings. The van der Waals surface area contributed by atoms with Crippen molar-refractivity contribution in [3.05, 3.63) is 69.6 Å². The highest BCUT2D eigenvalue weighted by atomic mass is 32.1.